The molecule has 1 aromatic carbocycles. The molecule has 1 aliphatic rings. The van der Waals surface area contributed by atoms with Crippen molar-refractivity contribution < 1.29 is 14.6 Å². The van der Waals surface area contributed by atoms with E-state index in [0.29, 0.717) is 12.1 Å². The van der Waals surface area contributed by atoms with E-state index in [4.69, 9.17) is 4.42 Å². The monoisotopic (exact) mass is 287 g/mol. The van der Waals surface area contributed by atoms with Crippen molar-refractivity contribution in [3.63, 3.8) is 0 Å². The van der Waals surface area contributed by atoms with Crippen molar-refractivity contribution in [2.24, 2.45) is 0 Å². The van der Waals surface area contributed by atoms with E-state index in [2.05, 4.69) is 6.92 Å². The average molecular weight is 287 g/mol. The number of aliphatic hydroxyl groups excluding tert-OH is 1. The molecule has 5 heteroatoms. The molecule has 1 aliphatic heterocycles. The Balaban J connectivity index is 2.22. The zero-order valence-corrected chi connectivity index (χ0v) is 11.7. The second kappa shape index (κ2) is 5.26. The highest BCUT2D eigenvalue weighted by Crippen LogP contribution is 2.45. The molecule has 1 aromatic heterocycles. The van der Waals surface area contributed by atoms with Gasteiger partial charge in [-0.2, -0.15) is 0 Å². The molecule has 0 bridgehead atoms. The maximum atomic E-state index is 11.5. The minimum absolute atomic E-state index is 0.232. The van der Waals surface area contributed by atoms with Gasteiger partial charge in [-0.1, -0.05) is 25.5 Å². The van der Waals surface area contributed by atoms with Crippen LogP contribution in [0.25, 0.3) is 11.3 Å². The fraction of sp³-hybridized carbons (Fsp3) is 0.312. The van der Waals surface area contributed by atoms with Crippen LogP contribution >= 0.6 is 0 Å². The lowest BCUT2D eigenvalue weighted by molar-refractivity contribution is 0.162. The smallest absolute Gasteiger partial charge is 0.339 e. The molecule has 0 saturated heterocycles. The van der Waals surface area contributed by atoms with Crippen LogP contribution in [0.2, 0.25) is 0 Å². The number of aromatic hydroxyl groups is 1. The van der Waals surface area contributed by atoms with E-state index in [1.807, 2.05) is 29.2 Å². The summed E-state index contributed by atoms with van der Waals surface area (Å²) in [5.74, 6) is 0.0144. The highest BCUT2D eigenvalue weighted by atomic mass is 16.4. The normalized spacial score (nSPS) is 16.5. The zero-order chi connectivity index (χ0) is 15.0. The zero-order valence-electron chi connectivity index (χ0n) is 11.7. The number of unbranched alkanes of at least 4 members (excludes halogenated alkanes) is 1. The first-order chi connectivity index (χ1) is 10.1. The third-order valence-electron chi connectivity index (χ3n) is 3.74. The number of aliphatic hydroxyl groups is 1. The maximum Gasteiger partial charge on any atom is 0.339 e. The lowest BCUT2D eigenvalue weighted by Gasteiger charge is -2.36. The molecule has 21 heavy (non-hydrogen) atoms. The number of hydrogen-bond donors (Lipinski definition) is 2. The predicted octanol–water partition coefficient (Wildman–Crippen LogP) is 2.62. The van der Waals surface area contributed by atoms with Gasteiger partial charge in [-0.3, -0.25) is 0 Å². The molecule has 0 radical (unpaired) electrons. The van der Waals surface area contributed by atoms with Crippen LogP contribution in [0.3, 0.4) is 0 Å². The van der Waals surface area contributed by atoms with Gasteiger partial charge in [-0.15, -0.1) is 0 Å². The topological polar surface area (TPSA) is 73.9 Å². The molecular formula is C16H17NO4. The molecule has 0 amide bonds. The van der Waals surface area contributed by atoms with Crippen LogP contribution < -0.4 is 10.5 Å². The minimum Gasteiger partial charge on any atom is -0.507 e. The number of benzene rings is 1. The molecular weight excluding hydrogens is 270 g/mol. The predicted molar refractivity (Wildman–Crippen MR) is 79.3 cm³/mol. The summed E-state index contributed by atoms with van der Waals surface area (Å²) < 4.78 is 5.23. The number of hydrogen-bond acceptors (Lipinski definition) is 5. The van der Waals surface area contributed by atoms with Gasteiger partial charge in [0.05, 0.1) is 17.3 Å². The second-order valence-corrected chi connectivity index (χ2v) is 5.13. The summed E-state index contributed by atoms with van der Waals surface area (Å²) >= 11 is 0. The molecule has 110 valence electrons. The summed E-state index contributed by atoms with van der Waals surface area (Å²) in [6.07, 6.45) is 0.887. The molecule has 2 N–H and O–H groups in total. The molecule has 0 aliphatic carbocycles. The fourth-order valence-electron chi connectivity index (χ4n) is 2.72. The number of anilines is 1. The average Bonchev–Trinajstić information content (AvgIpc) is 2.46. The van der Waals surface area contributed by atoms with Crippen molar-refractivity contribution in [3.8, 4) is 17.1 Å². The highest BCUT2D eigenvalue weighted by Gasteiger charge is 2.33. The van der Waals surface area contributed by atoms with E-state index in [-0.39, 0.29) is 17.1 Å². The molecule has 0 unspecified atom stereocenters. The SMILES string of the molecule is CCCCN1c2ccccc2-c2oc(=O)cc(O)c2[C@@H]1O. The summed E-state index contributed by atoms with van der Waals surface area (Å²) in [6, 6.07) is 8.40. The van der Waals surface area contributed by atoms with Crippen LogP contribution in [0, 0.1) is 0 Å². The third kappa shape index (κ3) is 2.19. The summed E-state index contributed by atoms with van der Waals surface area (Å²) in [6.45, 7) is 2.74. The van der Waals surface area contributed by atoms with Gasteiger partial charge in [0, 0.05) is 12.1 Å². The molecule has 0 saturated carbocycles. The molecule has 0 fully saturated rings. The van der Waals surface area contributed by atoms with Gasteiger partial charge >= 0.3 is 5.63 Å². The van der Waals surface area contributed by atoms with Crippen molar-refractivity contribution in [1.29, 1.82) is 0 Å². The highest BCUT2D eigenvalue weighted by molar-refractivity contribution is 5.82. The van der Waals surface area contributed by atoms with Crippen molar-refractivity contribution in [3.05, 3.63) is 46.3 Å². The summed E-state index contributed by atoms with van der Waals surface area (Å²) in [5.41, 5.74) is 1.14. The summed E-state index contributed by atoms with van der Waals surface area (Å²) in [5, 5.41) is 20.6. The van der Waals surface area contributed by atoms with E-state index in [1.54, 1.807) is 0 Å². The van der Waals surface area contributed by atoms with Gasteiger partial charge < -0.3 is 19.5 Å². The van der Waals surface area contributed by atoms with Gasteiger partial charge in [0.25, 0.3) is 0 Å². The number of nitrogens with zero attached hydrogens (tertiary/aromatic N) is 1. The summed E-state index contributed by atoms with van der Waals surface area (Å²) in [4.78, 5) is 13.3. The lowest BCUT2D eigenvalue weighted by atomic mass is 9.97. The first kappa shape index (κ1) is 13.7. The fourth-order valence-corrected chi connectivity index (χ4v) is 2.72. The van der Waals surface area contributed by atoms with Crippen LogP contribution in [-0.4, -0.2) is 16.8 Å². The first-order valence-electron chi connectivity index (χ1n) is 7.04. The Morgan fingerprint density at radius 1 is 1.33 bits per heavy atom. The molecule has 1 atom stereocenters. The first-order valence-corrected chi connectivity index (χ1v) is 7.04. The Morgan fingerprint density at radius 3 is 2.86 bits per heavy atom. The van der Waals surface area contributed by atoms with E-state index < -0.39 is 11.9 Å². The second-order valence-electron chi connectivity index (χ2n) is 5.13. The standard InChI is InChI=1S/C16H17NO4/c1-2-3-8-17-11-7-5-4-6-10(11)15-14(16(17)20)12(18)9-13(19)21-15/h4-7,9,16,18,20H,2-3,8H2,1H3/t16-/m0/s1. The Kier molecular flexibility index (Phi) is 3.43. The largest absolute Gasteiger partial charge is 0.507 e. The van der Waals surface area contributed by atoms with E-state index >= 15 is 0 Å². The Hall–Kier alpha value is -2.27. The van der Waals surface area contributed by atoms with Gasteiger partial charge in [-0.25, -0.2) is 4.79 Å². The number of para-hydroxylation sites is 1. The lowest BCUT2D eigenvalue weighted by Crippen LogP contribution is -2.33. The Bertz CT molecular complexity index is 722. The minimum atomic E-state index is -1.02. The van der Waals surface area contributed by atoms with Gasteiger partial charge in [0.15, 0.2) is 12.0 Å². The van der Waals surface area contributed by atoms with Crippen LogP contribution in [0.1, 0.15) is 31.6 Å². The molecule has 5 nitrogen and oxygen atoms in total. The number of rotatable bonds is 3. The van der Waals surface area contributed by atoms with E-state index in [9.17, 15) is 15.0 Å². The quantitative estimate of drug-likeness (QED) is 0.907. The van der Waals surface area contributed by atoms with Crippen LogP contribution in [0.5, 0.6) is 5.75 Å². The van der Waals surface area contributed by atoms with E-state index in [0.717, 1.165) is 24.6 Å². The number of fused-ring (bicyclic) bond motifs is 3. The van der Waals surface area contributed by atoms with Gasteiger partial charge in [0.1, 0.15) is 5.75 Å². The van der Waals surface area contributed by atoms with Crippen LogP contribution in [0.15, 0.2) is 39.5 Å². The molecule has 3 rings (SSSR count). The van der Waals surface area contributed by atoms with Crippen LogP contribution in [-0.2, 0) is 0 Å². The Labute approximate surface area is 122 Å². The van der Waals surface area contributed by atoms with Gasteiger partial charge in [0.2, 0.25) is 0 Å². The van der Waals surface area contributed by atoms with Crippen molar-refractivity contribution in [2.45, 2.75) is 26.0 Å². The van der Waals surface area contributed by atoms with Crippen molar-refractivity contribution in [1.82, 2.24) is 0 Å². The van der Waals surface area contributed by atoms with Crippen molar-refractivity contribution >= 4 is 5.69 Å². The molecule has 2 heterocycles. The third-order valence-corrected chi connectivity index (χ3v) is 3.74. The van der Waals surface area contributed by atoms with Crippen LogP contribution in [0.4, 0.5) is 5.69 Å². The maximum absolute atomic E-state index is 11.5. The molecule has 2 aromatic rings. The molecule has 0 spiro atoms. The van der Waals surface area contributed by atoms with Gasteiger partial charge in [-0.05, 0) is 18.6 Å². The van der Waals surface area contributed by atoms with Crippen molar-refractivity contribution in [2.75, 3.05) is 11.4 Å². The summed E-state index contributed by atoms with van der Waals surface area (Å²) in [7, 11) is 0. The van der Waals surface area contributed by atoms with E-state index in [1.165, 1.54) is 0 Å². The Morgan fingerprint density at radius 2 is 2.10 bits per heavy atom.